The Bertz CT molecular complexity index is 129. The summed E-state index contributed by atoms with van der Waals surface area (Å²) in [5.74, 6) is 0. The van der Waals surface area contributed by atoms with Crippen molar-refractivity contribution in [2.24, 2.45) is 0 Å². The molecule has 0 aliphatic rings. The van der Waals surface area contributed by atoms with Gasteiger partial charge in [0.15, 0.2) is 0 Å². The zero-order valence-electron chi connectivity index (χ0n) is 10.6. The van der Waals surface area contributed by atoms with Gasteiger partial charge in [0, 0.05) is 0 Å². The molecule has 0 aliphatic carbocycles. The van der Waals surface area contributed by atoms with E-state index in [1.165, 1.54) is 51.5 Å². The first-order valence-electron chi connectivity index (χ1n) is 6.00. The number of rotatable bonds is 9. The van der Waals surface area contributed by atoms with Crippen molar-refractivity contribution in [3.05, 3.63) is 0 Å². The number of hydrogen-bond acceptors (Lipinski definition) is 0. The van der Waals surface area contributed by atoms with Crippen LogP contribution >= 0.6 is 15.9 Å². The Kier molecular flexibility index (Phi) is 14.4. The zero-order valence-corrected chi connectivity index (χ0v) is 14.3. The quantitative estimate of drug-likeness (QED) is 0.182. The molecule has 0 aromatic rings. The van der Waals surface area contributed by atoms with E-state index in [4.69, 9.17) is 0 Å². The van der Waals surface area contributed by atoms with Crippen molar-refractivity contribution in [2.75, 3.05) is 26.1 Å². The van der Waals surface area contributed by atoms with Gasteiger partial charge in [-0.15, -0.1) is 0 Å². The second-order valence-corrected chi connectivity index (χ2v) is 5.40. The summed E-state index contributed by atoms with van der Waals surface area (Å²) in [6, 6.07) is 0. The smallest absolute Gasteiger partial charge is 0.133 e. The third-order valence-corrected chi connectivity index (χ3v) is 4.05. The maximum Gasteiger partial charge on any atom is 0.133 e. The molecule has 3 heteroatoms. The number of unbranched alkanes of at least 4 members (excludes halogenated alkanes) is 6. The van der Waals surface area contributed by atoms with Crippen molar-refractivity contribution in [3.63, 3.8) is 0 Å². The topological polar surface area (TPSA) is 0 Å². The van der Waals surface area contributed by atoms with Crippen LogP contribution in [0.1, 0.15) is 51.9 Å². The molecule has 94 valence electrons. The van der Waals surface area contributed by atoms with E-state index < -0.39 is 0 Å². The number of nitrogens with zero attached hydrogens (tertiary/aromatic N) is 1. The van der Waals surface area contributed by atoms with Crippen molar-refractivity contribution in [1.29, 1.82) is 0 Å². The normalized spacial score (nSPS) is 11.2. The molecule has 0 atom stereocenters. The van der Waals surface area contributed by atoms with Gasteiger partial charge in [0.05, 0.1) is 20.6 Å². The van der Waals surface area contributed by atoms with E-state index in [0.717, 1.165) is 9.94 Å². The molecule has 0 aromatic heterocycles. The van der Waals surface area contributed by atoms with Gasteiger partial charge in [-0.2, -0.15) is 0 Å². The molecule has 0 aromatic carbocycles. The van der Waals surface area contributed by atoms with Crippen LogP contribution in [0.25, 0.3) is 0 Å². The van der Waals surface area contributed by atoms with Crippen LogP contribution in [-0.4, -0.2) is 30.6 Å². The van der Waals surface area contributed by atoms with E-state index >= 15 is 0 Å². The lowest BCUT2D eigenvalue weighted by Crippen LogP contribution is -3.00. The fourth-order valence-electron chi connectivity index (χ4n) is 1.56. The van der Waals surface area contributed by atoms with Gasteiger partial charge in [-0.1, -0.05) is 39.0 Å². The third-order valence-electron chi connectivity index (χ3n) is 2.69. The molecule has 0 radical (unpaired) electrons. The second kappa shape index (κ2) is 11.6. The Morgan fingerprint density at radius 3 is 1.80 bits per heavy atom. The van der Waals surface area contributed by atoms with Gasteiger partial charge in [-0.3, -0.25) is 0 Å². The van der Waals surface area contributed by atoms with Gasteiger partial charge < -0.3 is 28.5 Å². The van der Waals surface area contributed by atoms with Crippen LogP contribution < -0.4 is 24.0 Å². The average molecular weight is 392 g/mol. The summed E-state index contributed by atoms with van der Waals surface area (Å²) in [5, 5.41) is 0. The van der Waals surface area contributed by atoms with Gasteiger partial charge in [0.1, 0.15) is 5.45 Å². The highest BCUT2D eigenvalue weighted by molar-refractivity contribution is 9.09. The molecular formula is C12H27BrIN. The van der Waals surface area contributed by atoms with Crippen LogP contribution in [0.3, 0.4) is 0 Å². The average Bonchev–Trinajstić information content (AvgIpc) is 2.16. The summed E-state index contributed by atoms with van der Waals surface area (Å²) < 4.78 is 1.11. The van der Waals surface area contributed by atoms with Crippen LogP contribution in [0.15, 0.2) is 0 Å². The Morgan fingerprint density at radius 2 is 1.33 bits per heavy atom. The van der Waals surface area contributed by atoms with E-state index in [1.54, 1.807) is 0 Å². The lowest BCUT2D eigenvalue weighted by atomic mass is 10.1. The van der Waals surface area contributed by atoms with Crippen LogP contribution in [-0.2, 0) is 0 Å². The van der Waals surface area contributed by atoms with Crippen LogP contribution in [0.5, 0.6) is 0 Å². The van der Waals surface area contributed by atoms with Crippen LogP contribution in [0.2, 0.25) is 0 Å². The highest BCUT2D eigenvalue weighted by atomic mass is 127. The number of alkyl halides is 1. The van der Waals surface area contributed by atoms with Crippen molar-refractivity contribution in [3.8, 4) is 0 Å². The highest BCUT2D eigenvalue weighted by Gasteiger charge is 2.10. The predicted molar refractivity (Wildman–Crippen MR) is 68.8 cm³/mol. The standard InChI is InChI=1S/C12H27BrN.HI/c1-4-5-6-7-8-9-10-11-14(2,3)12-13;/h4-12H2,1-3H3;1H/q+1;/p-1. The minimum atomic E-state index is 0. The summed E-state index contributed by atoms with van der Waals surface area (Å²) in [4.78, 5) is 0. The molecule has 0 aliphatic heterocycles. The minimum Gasteiger partial charge on any atom is -1.00 e. The van der Waals surface area contributed by atoms with Gasteiger partial charge in [-0.25, -0.2) is 0 Å². The SMILES string of the molecule is CCCCCCCCC[N+](C)(C)CBr.[I-]. The highest BCUT2D eigenvalue weighted by Crippen LogP contribution is 2.09. The molecule has 15 heavy (non-hydrogen) atoms. The molecule has 0 saturated heterocycles. The van der Waals surface area contributed by atoms with E-state index in [-0.39, 0.29) is 24.0 Å². The lowest BCUT2D eigenvalue weighted by Gasteiger charge is -2.26. The first kappa shape index (κ1) is 18.5. The van der Waals surface area contributed by atoms with Crippen molar-refractivity contribution in [2.45, 2.75) is 51.9 Å². The summed E-state index contributed by atoms with van der Waals surface area (Å²) >= 11 is 3.55. The molecule has 0 amide bonds. The molecule has 0 N–H and O–H groups in total. The molecule has 0 unspecified atom stereocenters. The maximum absolute atomic E-state index is 3.55. The van der Waals surface area contributed by atoms with Crippen molar-refractivity contribution >= 4 is 15.9 Å². The number of halogens is 2. The van der Waals surface area contributed by atoms with Crippen molar-refractivity contribution in [1.82, 2.24) is 0 Å². The summed E-state index contributed by atoms with van der Waals surface area (Å²) in [7, 11) is 4.57. The largest absolute Gasteiger partial charge is 1.00 e. The summed E-state index contributed by atoms with van der Waals surface area (Å²) in [5.41, 5.74) is 1.07. The zero-order chi connectivity index (χ0) is 10.9. The first-order valence-corrected chi connectivity index (χ1v) is 7.12. The monoisotopic (exact) mass is 391 g/mol. The van der Waals surface area contributed by atoms with Gasteiger partial charge in [0.2, 0.25) is 0 Å². The maximum atomic E-state index is 3.55. The molecular weight excluding hydrogens is 365 g/mol. The number of hydrogen-bond donors (Lipinski definition) is 0. The first-order chi connectivity index (χ1) is 6.62. The Morgan fingerprint density at radius 1 is 0.867 bits per heavy atom. The van der Waals surface area contributed by atoms with E-state index in [0.29, 0.717) is 0 Å². The minimum absolute atomic E-state index is 0. The van der Waals surface area contributed by atoms with Gasteiger partial charge in [-0.05, 0) is 28.8 Å². The van der Waals surface area contributed by atoms with Crippen molar-refractivity contribution < 1.29 is 28.5 Å². The molecule has 0 bridgehead atoms. The van der Waals surface area contributed by atoms with Gasteiger partial charge >= 0.3 is 0 Å². The Hall–Kier alpha value is 1.17. The van der Waals surface area contributed by atoms with E-state index in [1.807, 2.05) is 0 Å². The molecule has 0 spiro atoms. The molecule has 0 heterocycles. The third kappa shape index (κ3) is 13.1. The molecule has 0 saturated carbocycles. The van der Waals surface area contributed by atoms with E-state index in [2.05, 4.69) is 36.9 Å². The fraction of sp³-hybridized carbons (Fsp3) is 1.00. The Balaban J connectivity index is 0. The second-order valence-electron chi connectivity index (χ2n) is 4.90. The predicted octanol–water partition coefficient (Wildman–Crippen LogP) is 1.17. The molecule has 0 rings (SSSR count). The van der Waals surface area contributed by atoms with E-state index in [9.17, 15) is 0 Å². The molecule has 0 fully saturated rings. The Labute approximate surface area is 122 Å². The van der Waals surface area contributed by atoms with Crippen LogP contribution in [0, 0.1) is 0 Å². The van der Waals surface area contributed by atoms with Crippen LogP contribution in [0.4, 0.5) is 0 Å². The summed E-state index contributed by atoms with van der Waals surface area (Å²) in [6.45, 7) is 3.58. The summed E-state index contributed by atoms with van der Waals surface area (Å²) in [6.07, 6.45) is 9.88. The van der Waals surface area contributed by atoms with Gasteiger partial charge in [0.25, 0.3) is 0 Å². The molecule has 1 nitrogen and oxygen atoms in total. The lowest BCUT2D eigenvalue weighted by molar-refractivity contribution is -0.876. The number of quaternary nitrogens is 1. The fourth-order valence-corrected chi connectivity index (χ4v) is 1.81.